The molecule has 2 aromatic carbocycles. The van der Waals surface area contributed by atoms with Gasteiger partial charge >= 0.3 is 5.97 Å². The Morgan fingerprint density at radius 1 is 1.06 bits per heavy atom. The first-order chi connectivity index (χ1) is 16.5. The summed E-state index contributed by atoms with van der Waals surface area (Å²) in [7, 11) is 0. The molecular formula is C26H21ClN4O3. The summed E-state index contributed by atoms with van der Waals surface area (Å²) in [5.41, 5.74) is 2.87. The Labute approximate surface area is 201 Å². The highest BCUT2D eigenvalue weighted by molar-refractivity contribution is 6.30. The number of benzene rings is 2. The van der Waals surface area contributed by atoms with E-state index in [9.17, 15) is 10.1 Å². The van der Waals surface area contributed by atoms with Gasteiger partial charge in [0.25, 0.3) is 0 Å². The minimum Gasteiger partial charge on any atom is -0.477 e. The first kappa shape index (κ1) is 23.0. The lowest BCUT2D eigenvalue weighted by atomic mass is 9.97. The largest absolute Gasteiger partial charge is 0.477 e. The fraction of sp³-hybridized carbons (Fsp3) is 0.154. The van der Waals surface area contributed by atoms with Crippen LogP contribution in [0.1, 0.15) is 29.8 Å². The molecule has 0 saturated carbocycles. The second-order valence-corrected chi connectivity index (χ2v) is 7.62. The molecule has 0 bridgehead atoms. The monoisotopic (exact) mass is 472 g/mol. The van der Waals surface area contributed by atoms with Crippen molar-refractivity contribution in [3.05, 3.63) is 76.8 Å². The number of carbonyl (C=O) groups is 1. The van der Waals surface area contributed by atoms with Crippen molar-refractivity contribution in [2.24, 2.45) is 0 Å². The molecule has 0 aliphatic rings. The highest BCUT2D eigenvalue weighted by Gasteiger charge is 2.23. The van der Waals surface area contributed by atoms with Gasteiger partial charge < -0.3 is 14.8 Å². The summed E-state index contributed by atoms with van der Waals surface area (Å²) in [5.74, 6) is -0.0862. The number of esters is 1. The second kappa shape index (κ2) is 10.2. The summed E-state index contributed by atoms with van der Waals surface area (Å²) < 4.78 is 11.0. The number of ether oxygens (including phenoxy) is 2. The molecule has 170 valence electrons. The maximum Gasteiger partial charge on any atom is 0.341 e. The number of nitrogens with zero attached hydrogens (tertiary/aromatic N) is 3. The van der Waals surface area contributed by atoms with Gasteiger partial charge in [0, 0.05) is 21.7 Å². The zero-order valence-electron chi connectivity index (χ0n) is 18.6. The number of aromatic nitrogens is 2. The highest BCUT2D eigenvalue weighted by Crippen LogP contribution is 2.37. The third-order valence-corrected chi connectivity index (χ3v) is 5.25. The van der Waals surface area contributed by atoms with Crippen LogP contribution in [0.25, 0.3) is 22.2 Å². The minimum atomic E-state index is -0.542. The topological polar surface area (TPSA) is 97.1 Å². The number of hydrogen-bond donors (Lipinski definition) is 1. The van der Waals surface area contributed by atoms with E-state index in [0.717, 1.165) is 5.56 Å². The first-order valence-electron chi connectivity index (χ1n) is 10.7. The number of nitriles is 1. The lowest BCUT2D eigenvalue weighted by molar-refractivity contribution is 0.0527. The van der Waals surface area contributed by atoms with E-state index in [4.69, 9.17) is 21.1 Å². The van der Waals surface area contributed by atoms with E-state index < -0.39 is 5.97 Å². The van der Waals surface area contributed by atoms with Gasteiger partial charge in [0.15, 0.2) is 5.65 Å². The van der Waals surface area contributed by atoms with E-state index in [-0.39, 0.29) is 29.4 Å². The Kier molecular flexibility index (Phi) is 6.90. The van der Waals surface area contributed by atoms with Crippen LogP contribution in [0.3, 0.4) is 0 Å². The maximum atomic E-state index is 12.9. The zero-order valence-corrected chi connectivity index (χ0v) is 19.4. The van der Waals surface area contributed by atoms with Crippen LogP contribution in [0.5, 0.6) is 5.88 Å². The molecule has 0 spiro atoms. The van der Waals surface area contributed by atoms with Crippen molar-refractivity contribution < 1.29 is 14.3 Å². The van der Waals surface area contributed by atoms with E-state index in [1.165, 1.54) is 0 Å². The number of halogens is 1. The Morgan fingerprint density at radius 3 is 2.44 bits per heavy atom. The summed E-state index contributed by atoms with van der Waals surface area (Å²) >= 11 is 6.00. The van der Waals surface area contributed by atoms with E-state index in [1.54, 1.807) is 37.3 Å². The summed E-state index contributed by atoms with van der Waals surface area (Å²) in [6, 6.07) is 20.3. The predicted octanol–water partition coefficient (Wildman–Crippen LogP) is 6.14. The van der Waals surface area contributed by atoms with Gasteiger partial charge in [0.05, 0.1) is 13.2 Å². The van der Waals surface area contributed by atoms with Crippen LogP contribution in [0.4, 0.5) is 11.5 Å². The molecule has 1 N–H and O–H groups in total. The molecule has 2 heterocycles. The van der Waals surface area contributed by atoms with Gasteiger partial charge in [0.2, 0.25) is 5.88 Å². The number of anilines is 2. The number of hydrogen-bond acceptors (Lipinski definition) is 7. The van der Waals surface area contributed by atoms with Gasteiger partial charge in [-0.15, -0.1) is 0 Å². The summed E-state index contributed by atoms with van der Waals surface area (Å²) in [5, 5.41) is 14.3. The third kappa shape index (κ3) is 4.63. The summed E-state index contributed by atoms with van der Waals surface area (Å²) in [6.07, 6.45) is 0. The average Bonchev–Trinajstić information content (AvgIpc) is 2.85. The van der Waals surface area contributed by atoms with Crippen molar-refractivity contribution in [1.29, 1.82) is 5.26 Å². The molecule has 0 aliphatic heterocycles. The zero-order chi connectivity index (χ0) is 24.1. The molecule has 8 heteroatoms. The van der Waals surface area contributed by atoms with Crippen LogP contribution < -0.4 is 10.1 Å². The molecule has 2 aromatic heterocycles. The molecule has 34 heavy (non-hydrogen) atoms. The fourth-order valence-corrected chi connectivity index (χ4v) is 3.67. The molecule has 4 aromatic rings. The van der Waals surface area contributed by atoms with Crippen molar-refractivity contribution in [2.45, 2.75) is 13.8 Å². The van der Waals surface area contributed by atoms with Crippen molar-refractivity contribution in [1.82, 2.24) is 9.97 Å². The van der Waals surface area contributed by atoms with Crippen LogP contribution in [-0.4, -0.2) is 29.2 Å². The number of pyridine rings is 2. The number of carbonyl (C=O) groups excluding carboxylic acids is 1. The maximum absolute atomic E-state index is 12.9. The molecule has 0 saturated heterocycles. The fourth-order valence-electron chi connectivity index (χ4n) is 3.55. The predicted molar refractivity (Wildman–Crippen MR) is 132 cm³/mol. The minimum absolute atomic E-state index is 0.185. The van der Waals surface area contributed by atoms with Crippen molar-refractivity contribution in [3.63, 3.8) is 0 Å². The second-order valence-electron chi connectivity index (χ2n) is 7.19. The molecule has 7 nitrogen and oxygen atoms in total. The molecule has 0 unspecified atom stereocenters. The Bertz CT molecular complexity index is 1380. The number of nitrogens with one attached hydrogen (secondary N) is 1. The molecule has 4 rings (SSSR count). The van der Waals surface area contributed by atoms with Crippen LogP contribution in [-0.2, 0) is 4.74 Å². The molecular weight excluding hydrogens is 452 g/mol. The molecule has 0 atom stereocenters. The van der Waals surface area contributed by atoms with Gasteiger partial charge in [-0.05, 0) is 49.7 Å². The number of rotatable bonds is 7. The normalized spacial score (nSPS) is 10.5. The van der Waals surface area contributed by atoms with Crippen molar-refractivity contribution >= 4 is 40.1 Å². The molecule has 0 fully saturated rings. The average molecular weight is 473 g/mol. The Morgan fingerprint density at radius 2 is 1.79 bits per heavy atom. The van der Waals surface area contributed by atoms with E-state index in [1.807, 2.05) is 37.3 Å². The molecule has 0 radical (unpaired) electrons. The van der Waals surface area contributed by atoms with E-state index >= 15 is 0 Å². The van der Waals surface area contributed by atoms with Crippen LogP contribution in [0.2, 0.25) is 5.02 Å². The van der Waals surface area contributed by atoms with Gasteiger partial charge in [-0.2, -0.15) is 10.2 Å². The van der Waals surface area contributed by atoms with Gasteiger partial charge in [0.1, 0.15) is 23.0 Å². The van der Waals surface area contributed by atoms with E-state index in [2.05, 4.69) is 21.4 Å². The Balaban J connectivity index is 2.01. The van der Waals surface area contributed by atoms with Crippen molar-refractivity contribution in [3.8, 4) is 23.1 Å². The number of fused-ring (bicyclic) bond motifs is 1. The SMILES string of the molecule is CCOC(=O)c1cc2c(-c3ccccc3)c(C#N)c(OCC)nc2nc1Nc1ccc(Cl)cc1. The van der Waals surface area contributed by atoms with Gasteiger partial charge in [-0.1, -0.05) is 41.9 Å². The third-order valence-electron chi connectivity index (χ3n) is 5.00. The molecule has 0 aliphatic carbocycles. The molecule has 0 amide bonds. The lowest BCUT2D eigenvalue weighted by Gasteiger charge is -2.16. The van der Waals surface area contributed by atoms with Crippen LogP contribution in [0, 0.1) is 11.3 Å². The first-order valence-corrected chi connectivity index (χ1v) is 11.1. The van der Waals surface area contributed by atoms with Crippen LogP contribution >= 0.6 is 11.6 Å². The standard InChI is InChI=1S/C26H21ClN4O3/c1-3-33-25-21(15-28)22(16-8-6-5-7-9-16)19-14-20(26(32)34-4-2)24(30-23(19)31-25)29-18-12-10-17(27)11-13-18/h5-14H,3-4H2,1-2H3,(H,29,30,31). The van der Waals surface area contributed by atoms with Gasteiger partial charge in [-0.3, -0.25) is 0 Å². The highest BCUT2D eigenvalue weighted by atomic mass is 35.5. The smallest absolute Gasteiger partial charge is 0.341 e. The lowest BCUT2D eigenvalue weighted by Crippen LogP contribution is -2.11. The van der Waals surface area contributed by atoms with Crippen LogP contribution in [0.15, 0.2) is 60.7 Å². The van der Waals surface area contributed by atoms with Gasteiger partial charge in [-0.25, -0.2) is 9.78 Å². The summed E-state index contributed by atoms with van der Waals surface area (Å²) in [6.45, 7) is 4.09. The quantitative estimate of drug-likeness (QED) is 0.322. The van der Waals surface area contributed by atoms with Crippen molar-refractivity contribution in [2.75, 3.05) is 18.5 Å². The van der Waals surface area contributed by atoms with E-state index in [0.29, 0.717) is 33.9 Å². The summed E-state index contributed by atoms with van der Waals surface area (Å²) in [4.78, 5) is 22.1. The Hall–Kier alpha value is -4.15.